The quantitative estimate of drug-likeness (QED) is 0.655. The first-order valence-corrected chi connectivity index (χ1v) is 8.54. The van der Waals surface area contributed by atoms with Gasteiger partial charge in [-0.3, -0.25) is 9.78 Å². The number of amides is 1. The fraction of sp³-hybridized carbons (Fsp3) is 0.150. The lowest BCUT2D eigenvalue weighted by molar-refractivity contribution is -0.276. The van der Waals surface area contributed by atoms with Crippen LogP contribution in [0.2, 0.25) is 0 Å². The number of rotatable bonds is 6. The number of carbonyl (C=O) groups is 1. The molecule has 150 valence electrons. The third-order valence-electron chi connectivity index (χ3n) is 3.94. The van der Waals surface area contributed by atoms with Gasteiger partial charge in [0.25, 0.3) is 0 Å². The molecular formula is C20H16F3N3O3. The number of benzene rings is 1. The molecule has 9 heteroatoms. The van der Waals surface area contributed by atoms with E-state index >= 15 is 0 Å². The molecule has 29 heavy (non-hydrogen) atoms. The number of alkyl halides is 3. The number of nitrogens with zero attached hydrogens (tertiary/aromatic N) is 2. The molecule has 1 aromatic carbocycles. The van der Waals surface area contributed by atoms with E-state index < -0.39 is 18.1 Å². The summed E-state index contributed by atoms with van der Waals surface area (Å²) < 4.78 is 45.9. The number of hydrogen-bond acceptors (Lipinski definition) is 5. The van der Waals surface area contributed by atoms with Crippen molar-refractivity contribution in [3.8, 4) is 28.6 Å². The van der Waals surface area contributed by atoms with E-state index in [1.54, 1.807) is 24.3 Å². The minimum atomic E-state index is -4.81. The van der Waals surface area contributed by atoms with E-state index in [0.29, 0.717) is 23.4 Å². The standard InChI is InChI=1S/C20H16F3N3O3/c1-2-12-9-13(3-5-16(12)19(24)27)17-10-14(7-8-25-17)28-15-4-6-18(26-11-15)29-20(21,22)23/h3-11H,2H2,1H3,(H2,24,27). The topological polar surface area (TPSA) is 87.3 Å². The molecule has 0 saturated heterocycles. The van der Waals surface area contributed by atoms with Crippen LogP contribution >= 0.6 is 0 Å². The minimum absolute atomic E-state index is 0.231. The minimum Gasteiger partial charge on any atom is -0.456 e. The van der Waals surface area contributed by atoms with Gasteiger partial charge in [-0.15, -0.1) is 13.2 Å². The summed E-state index contributed by atoms with van der Waals surface area (Å²) in [7, 11) is 0. The van der Waals surface area contributed by atoms with Crippen molar-refractivity contribution in [3.05, 3.63) is 66.0 Å². The van der Waals surface area contributed by atoms with Crippen molar-refractivity contribution in [2.75, 3.05) is 0 Å². The molecule has 2 aromatic heterocycles. The van der Waals surface area contributed by atoms with Gasteiger partial charge in [0.15, 0.2) is 0 Å². The average molecular weight is 403 g/mol. The molecule has 2 N–H and O–H groups in total. The summed E-state index contributed by atoms with van der Waals surface area (Å²) in [4.78, 5) is 19.4. The lowest BCUT2D eigenvalue weighted by atomic mass is 9.99. The predicted molar refractivity (Wildman–Crippen MR) is 98.6 cm³/mol. The number of pyridine rings is 2. The van der Waals surface area contributed by atoms with Crippen molar-refractivity contribution < 1.29 is 27.4 Å². The first-order valence-electron chi connectivity index (χ1n) is 8.54. The Morgan fingerprint density at radius 1 is 1.07 bits per heavy atom. The van der Waals surface area contributed by atoms with Crippen LogP contribution in [0.25, 0.3) is 11.3 Å². The molecular weight excluding hydrogens is 387 g/mol. The van der Waals surface area contributed by atoms with Gasteiger partial charge in [0.1, 0.15) is 11.5 Å². The van der Waals surface area contributed by atoms with E-state index in [-0.39, 0.29) is 5.75 Å². The molecule has 0 fully saturated rings. The maximum absolute atomic E-state index is 12.2. The van der Waals surface area contributed by atoms with Gasteiger partial charge in [0.2, 0.25) is 11.8 Å². The van der Waals surface area contributed by atoms with Crippen LogP contribution in [0.3, 0.4) is 0 Å². The number of nitrogens with two attached hydrogens (primary N) is 1. The third-order valence-corrected chi connectivity index (χ3v) is 3.94. The highest BCUT2D eigenvalue weighted by atomic mass is 19.4. The molecule has 0 aliphatic carbocycles. The molecule has 0 bridgehead atoms. The molecule has 6 nitrogen and oxygen atoms in total. The number of ether oxygens (including phenoxy) is 2. The average Bonchev–Trinajstić information content (AvgIpc) is 2.68. The zero-order valence-electron chi connectivity index (χ0n) is 15.2. The van der Waals surface area contributed by atoms with Crippen LogP contribution in [0, 0.1) is 0 Å². The summed E-state index contributed by atoms with van der Waals surface area (Å²) in [5, 5.41) is 0. The molecule has 0 spiro atoms. The Morgan fingerprint density at radius 2 is 1.86 bits per heavy atom. The molecule has 2 heterocycles. The molecule has 0 saturated carbocycles. The van der Waals surface area contributed by atoms with E-state index in [1.807, 2.05) is 13.0 Å². The van der Waals surface area contributed by atoms with Crippen molar-refractivity contribution in [2.24, 2.45) is 5.73 Å². The number of primary amides is 1. The van der Waals surface area contributed by atoms with Crippen molar-refractivity contribution in [3.63, 3.8) is 0 Å². The SMILES string of the molecule is CCc1cc(-c2cc(Oc3ccc(OC(F)(F)F)nc3)ccn2)ccc1C(N)=O. The summed E-state index contributed by atoms with van der Waals surface area (Å²) in [6.07, 6.45) is -1.53. The largest absolute Gasteiger partial charge is 0.574 e. The smallest absolute Gasteiger partial charge is 0.456 e. The Hall–Kier alpha value is -3.62. The molecule has 1 amide bonds. The van der Waals surface area contributed by atoms with Crippen molar-refractivity contribution in [1.29, 1.82) is 0 Å². The number of carbonyl (C=O) groups excluding carboxylic acids is 1. The van der Waals surface area contributed by atoms with Crippen molar-refractivity contribution >= 4 is 5.91 Å². The van der Waals surface area contributed by atoms with Gasteiger partial charge >= 0.3 is 6.36 Å². The molecule has 0 atom stereocenters. The predicted octanol–water partition coefficient (Wildman–Crippen LogP) is 4.50. The van der Waals surface area contributed by atoms with Crippen LogP contribution in [-0.4, -0.2) is 22.2 Å². The molecule has 0 radical (unpaired) electrons. The summed E-state index contributed by atoms with van der Waals surface area (Å²) in [5.74, 6) is -0.431. The number of hydrogen-bond donors (Lipinski definition) is 1. The Balaban J connectivity index is 1.80. The number of aryl methyl sites for hydroxylation is 1. The summed E-state index contributed by atoms with van der Waals surface area (Å²) >= 11 is 0. The zero-order chi connectivity index (χ0) is 21.0. The monoisotopic (exact) mass is 403 g/mol. The molecule has 0 unspecified atom stereocenters. The van der Waals surface area contributed by atoms with Crippen molar-refractivity contribution in [2.45, 2.75) is 19.7 Å². The molecule has 0 aliphatic heterocycles. The lowest BCUT2D eigenvalue weighted by Gasteiger charge is -2.10. The van der Waals surface area contributed by atoms with Gasteiger partial charge in [-0.05, 0) is 36.2 Å². The van der Waals surface area contributed by atoms with Gasteiger partial charge in [0, 0.05) is 29.5 Å². The van der Waals surface area contributed by atoms with E-state index in [1.165, 1.54) is 12.3 Å². The fourth-order valence-corrected chi connectivity index (χ4v) is 2.66. The fourth-order valence-electron chi connectivity index (χ4n) is 2.66. The maximum Gasteiger partial charge on any atom is 0.574 e. The second-order valence-corrected chi connectivity index (χ2v) is 5.95. The molecule has 0 aliphatic rings. The van der Waals surface area contributed by atoms with Gasteiger partial charge in [-0.2, -0.15) is 0 Å². The van der Waals surface area contributed by atoms with Gasteiger partial charge in [-0.25, -0.2) is 4.98 Å². The van der Waals surface area contributed by atoms with Crippen molar-refractivity contribution in [1.82, 2.24) is 9.97 Å². The highest BCUT2D eigenvalue weighted by Crippen LogP contribution is 2.28. The third kappa shape index (κ3) is 5.22. The number of aromatic nitrogens is 2. The van der Waals surface area contributed by atoms with Crippen LogP contribution in [0.1, 0.15) is 22.8 Å². The van der Waals surface area contributed by atoms with Gasteiger partial charge < -0.3 is 15.2 Å². The molecule has 3 aromatic rings. The highest BCUT2D eigenvalue weighted by Gasteiger charge is 2.31. The van der Waals surface area contributed by atoms with Crippen LogP contribution in [0.4, 0.5) is 13.2 Å². The second-order valence-electron chi connectivity index (χ2n) is 5.95. The van der Waals surface area contributed by atoms with E-state index in [4.69, 9.17) is 10.5 Å². The Kier molecular flexibility index (Phi) is 5.67. The zero-order valence-corrected chi connectivity index (χ0v) is 15.2. The van der Waals surface area contributed by atoms with Crippen LogP contribution in [0.15, 0.2) is 54.9 Å². The highest BCUT2D eigenvalue weighted by molar-refractivity contribution is 5.95. The normalized spacial score (nSPS) is 11.2. The van der Waals surface area contributed by atoms with Crippen LogP contribution in [0.5, 0.6) is 17.4 Å². The Bertz CT molecular complexity index is 1020. The van der Waals surface area contributed by atoms with Gasteiger partial charge in [-0.1, -0.05) is 13.0 Å². The Morgan fingerprint density at radius 3 is 2.48 bits per heavy atom. The summed E-state index contributed by atoms with van der Waals surface area (Å²) in [5.41, 5.74) is 8.00. The second kappa shape index (κ2) is 8.17. The van der Waals surface area contributed by atoms with E-state index in [0.717, 1.165) is 23.4 Å². The first kappa shape index (κ1) is 20.1. The maximum atomic E-state index is 12.2. The first-order chi connectivity index (χ1) is 13.7. The van der Waals surface area contributed by atoms with Gasteiger partial charge in [0.05, 0.1) is 11.9 Å². The Labute approximate surface area is 164 Å². The van der Waals surface area contributed by atoms with E-state index in [2.05, 4.69) is 14.7 Å². The summed E-state index contributed by atoms with van der Waals surface area (Å²) in [6.45, 7) is 1.91. The van der Waals surface area contributed by atoms with Crippen LogP contribution < -0.4 is 15.2 Å². The number of halogens is 3. The molecule has 3 rings (SSSR count). The lowest BCUT2D eigenvalue weighted by Crippen LogP contribution is -2.17. The van der Waals surface area contributed by atoms with Crippen LogP contribution in [-0.2, 0) is 6.42 Å². The summed E-state index contributed by atoms with van der Waals surface area (Å²) in [6, 6.07) is 10.8. The van der Waals surface area contributed by atoms with E-state index in [9.17, 15) is 18.0 Å².